The molecule has 0 aromatic carbocycles. The van der Waals surface area contributed by atoms with Crippen LogP contribution in [0.1, 0.15) is 47.0 Å². The lowest BCUT2D eigenvalue weighted by atomic mass is 10.2. The molecule has 0 aliphatic heterocycles. The maximum absolute atomic E-state index is 9.03. The predicted octanol–water partition coefficient (Wildman–Crippen LogP) is 2.37. The van der Waals surface area contributed by atoms with Gasteiger partial charge in [-0.3, -0.25) is 0 Å². The lowest BCUT2D eigenvalue weighted by Crippen LogP contribution is -2.23. The van der Waals surface area contributed by atoms with Gasteiger partial charge in [-0.05, 0) is 27.2 Å². The number of aliphatic hydroxyl groups excluding tert-OH is 1. The Morgan fingerprint density at radius 1 is 1.00 bits per heavy atom. The quantitative estimate of drug-likeness (QED) is 0.645. The second kappa shape index (κ2) is 9.13. The van der Waals surface area contributed by atoms with E-state index in [9.17, 15) is 0 Å². The number of aliphatic hydroxyl groups is 1. The second-order valence-electron chi connectivity index (χ2n) is 4.28. The van der Waals surface area contributed by atoms with Crippen molar-refractivity contribution < 1.29 is 14.6 Å². The van der Waals surface area contributed by atoms with Crippen molar-refractivity contribution in [1.29, 1.82) is 0 Å². The van der Waals surface area contributed by atoms with E-state index in [1.54, 1.807) is 6.92 Å². The van der Waals surface area contributed by atoms with Gasteiger partial charge in [0.1, 0.15) is 0 Å². The number of hydrogen-bond donors (Lipinski definition) is 1. The van der Waals surface area contributed by atoms with Gasteiger partial charge in [-0.1, -0.05) is 19.8 Å². The Bertz CT molecular complexity index is 137. The zero-order chi connectivity index (χ0) is 11.7. The summed E-state index contributed by atoms with van der Waals surface area (Å²) in [6.07, 6.45) is 3.50. The SMILES string of the molecule is CCCCC(C)OCC(C)OCC(C)O. The summed E-state index contributed by atoms with van der Waals surface area (Å²) >= 11 is 0. The number of rotatable bonds is 9. The minimum absolute atomic E-state index is 0.0590. The molecule has 15 heavy (non-hydrogen) atoms. The van der Waals surface area contributed by atoms with Gasteiger partial charge >= 0.3 is 0 Å². The maximum Gasteiger partial charge on any atom is 0.0781 e. The topological polar surface area (TPSA) is 38.7 Å². The molecule has 0 aliphatic rings. The van der Waals surface area contributed by atoms with E-state index < -0.39 is 6.10 Å². The molecule has 0 bridgehead atoms. The lowest BCUT2D eigenvalue weighted by molar-refractivity contribution is -0.0543. The molecule has 0 radical (unpaired) electrons. The molecule has 0 aliphatic carbocycles. The van der Waals surface area contributed by atoms with Crippen LogP contribution in [-0.4, -0.2) is 36.6 Å². The maximum atomic E-state index is 9.03. The third-order valence-corrected chi connectivity index (χ3v) is 2.20. The summed E-state index contributed by atoms with van der Waals surface area (Å²) in [6, 6.07) is 0. The zero-order valence-corrected chi connectivity index (χ0v) is 10.5. The molecule has 3 unspecified atom stereocenters. The zero-order valence-electron chi connectivity index (χ0n) is 10.5. The summed E-state index contributed by atoms with van der Waals surface area (Å²) in [5.41, 5.74) is 0. The first-order chi connectivity index (χ1) is 7.06. The summed E-state index contributed by atoms with van der Waals surface area (Å²) in [5, 5.41) is 9.03. The summed E-state index contributed by atoms with van der Waals surface area (Å²) in [5.74, 6) is 0. The Hall–Kier alpha value is -0.120. The monoisotopic (exact) mass is 218 g/mol. The van der Waals surface area contributed by atoms with E-state index in [2.05, 4.69) is 13.8 Å². The van der Waals surface area contributed by atoms with E-state index >= 15 is 0 Å². The van der Waals surface area contributed by atoms with Crippen LogP contribution in [0, 0.1) is 0 Å². The van der Waals surface area contributed by atoms with E-state index in [0.29, 0.717) is 19.3 Å². The van der Waals surface area contributed by atoms with Crippen molar-refractivity contribution in [2.45, 2.75) is 65.3 Å². The first-order valence-electron chi connectivity index (χ1n) is 5.97. The van der Waals surface area contributed by atoms with Crippen molar-refractivity contribution >= 4 is 0 Å². The van der Waals surface area contributed by atoms with Crippen molar-refractivity contribution in [1.82, 2.24) is 0 Å². The van der Waals surface area contributed by atoms with Gasteiger partial charge in [0.05, 0.1) is 31.5 Å². The number of hydrogen-bond acceptors (Lipinski definition) is 3. The van der Waals surface area contributed by atoms with Crippen molar-refractivity contribution in [2.24, 2.45) is 0 Å². The first-order valence-corrected chi connectivity index (χ1v) is 5.97. The largest absolute Gasteiger partial charge is 0.391 e. The van der Waals surface area contributed by atoms with Crippen LogP contribution in [0.5, 0.6) is 0 Å². The minimum atomic E-state index is -0.398. The van der Waals surface area contributed by atoms with E-state index in [1.807, 2.05) is 6.92 Å². The molecule has 0 saturated carbocycles. The van der Waals surface area contributed by atoms with Gasteiger partial charge in [0.2, 0.25) is 0 Å². The van der Waals surface area contributed by atoms with Crippen LogP contribution in [0.3, 0.4) is 0 Å². The van der Waals surface area contributed by atoms with Gasteiger partial charge in [-0.15, -0.1) is 0 Å². The van der Waals surface area contributed by atoms with E-state index in [4.69, 9.17) is 14.6 Å². The van der Waals surface area contributed by atoms with E-state index in [0.717, 1.165) is 6.42 Å². The van der Waals surface area contributed by atoms with Gasteiger partial charge < -0.3 is 14.6 Å². The second-order valence-corrected chi connectivity index (χ2v) is 4.28. The molecule has 1 N–H and O–H groups in total. The smallest absolute Gasteiger partial charge is 0.0781 e. The van der Waals surface area contributed by atoms with E-state index in [1.165, 1.54) is 12.8 Å². The summed E-state index contributed by atoms with van der Waals surface area (Å²) < 4.78 is 11.0. The third kappa shape index (κ3) is 10.2. The molecule has 0 rings (SSSR count). The molecule has 3 nitrogen and oxygen atoms in total. The molecule has 0 heterocycles. The summed E-state index contributed by atoms with van der Waals surface area (Å²) in [4.78, 5) is 0. The highest BCUT2D eigenvalue weighted by Crippen LogP contribution is 2.05. The normalized spacial score (nSPS) is 17.4. The van der Waals surface area contributed by atoms with Crippen molar-refractivity contribution in [3.8, 4) is 0 Å². The molecular weight excluding hydrogens is 192 g/mol. The van der Waals surface area contributed by atoms with Gasteiger partial charge in [0.25, 0.3) is 0 Å². The molecule has 0 spiro atoms. The fraction of sp³-hybridized carbons (Fsp3) is 1.00. The number of ether oxygens (including phenoxy) is 2. The minimum Gasteiger partial charge on any atom is -0.391 e. The Labute approximate surface area is 93.8 Å². The average Bonchev–Trinajstić information content (AvgIpc) is 2.20. The summed E-state index contributed by atoms with van der Waals surface area (Å²) in [6.45, 7) is 8.95. The highest BCUT2D eigenvalue weighted by Gasteiger charge is 2.07. The van der Waals surface area contributed by atoms with Crippen molar-refractivity contribution in [3.05, 3.63) is 0 Å². The van der Waals surface area contributed by atoms with E-state index in [-0.39, 0.29) is 6.10 Å². The van der Waals surface area contributed by atoms with Crippen LogP contribution in [0.25, 0.3) is 0 Å². The van der Waals surface area contributed by atoms with Crippen LogP contribution in [0.2, 0.25) is 0 Å². The predicted molar refractivity (Wildman–Crippen MR) is 62.0 cm³/mol. The Balaban J connectivity index is 3.39. The Morgan fingerprint density at radius 3 is 2.13 bits per heavy atom. The Morgan fingerprint density at radius 2 is 1.60 bits per heavy atom. The molecular formula is C12H26O3. The fourth-order valence-electron chi connectivity index (χ4n) is 1.23. The third-order valence-electron chi connectivity index (χ3n) is 2.20. The van der Waals surface area contributed by atoms with Gasteiger partial charge in [0, 0.05) is 0 Å². The van der Waals surface area contributed by atoms with Crippen LogP contribution in [0.4, 0.5) is 0 Å². The van der Waals surface area contributed by atoms with Gasteiger partial charge in [-0.25, -0.2) is 0 Å². The molecule has 92 valence electrons. The Kier molecular flexibility index (Phi) is 9.06. The van der Waals surface area contributed by atoms with Gasteiger partial charge in [0.15, 0.2) is 0 Å². The van der Waals surface area contributed by atoms with Crippen LogP contribution in [-0.2, 0) is 9.47 Å². The molecule has 0 aromatic heterocycles. The van der Waals surface area contributed by atoms with Crippen molar-refractivity contribution in [3.63, 3.8) is 0 Å². The summed E-state index contributed by atoms with van der Waals surface area (Å²) in [7, 11) is 0. The lowest BCUT2D eigenvalue weighted by Gasteiger charge is -2.18. The van der Waals surface area contributed by atoms with Crippen LogP contribution in [0.15, 0.2) is 0 Å². The average molecular weight is 218 g/mol. The standard InChI is InChI=1S/C12H26O3/c1-5-6-7-11(3)15-9-12(4)14-8-10(2)13/h10-13H,5-9H2,1-4H3. The first kappa shape index (κ1) is 14.9. The highest BCUT2D eigenvalue weighted by molar-refractivity contribution is 4.54. The molecule has 3 atom stereocenters. The molecule has 0 fully saturated rings. The molecule has 0 aromatic rings. The number of unbranched alkanes of at least 4 members (excludes halogenated alkanes) is 1. The van der Waals surface area contributed by atoms with Crippen molar-refractivity contribution in [2.75, 3.05) is 13.2 Å². The molecule has 0 amide bonds. The fourth-order valence-corrected chi connectivity index (χ4v) is 1.23. The van der Waals surface area contributed by atoms with Crippen LogP contribution >= 0.6 is 0 Å². The molecule has 0 saturated heterocycles. The highest BCUT2D eigenvalue weighted by atomic mass is 16.5. The van der Waals surface area contributed by atoms with Crippen LogP contribution < -0.4 is 0 Å². The molecule has 3 heteroatoms. The van der Waals surface area contributed by atoms with Gasteiger partial charge in [-0.2, -0.15) is 0 Å².